The third kappa shape index (κ3) is 4.90. The standard InChI is InChI=1S/C10H13BrN2O2/c1-2-15-10(14)7-13-5-8-3-9(11)6-12-4-8/h3-4,6,13H,2,5,7H2,1H3. The van der Waals surface area contributed by atoms with Gasteiger partial charge in [-0.1, -0.05) is 0 Å². The van der Waals surface area contributed by atoms with E-state index in [9.17, 15) is 4.79 Å². The summed E-state index contributed by atoms with van der Waals surface area (Å²) in [7, 11) is 0. The maximum absolute atomic E-state index is 11.0. The Bertz CT molecular complexity index is 331. The minimum absolute atomic E-state index is 0.223. The van der Waals surface area contributed by atoms with Gasteiger partial charge in [0, 0.05) is 23.4 Å². The lowest BCUT2D eigenvalue weighted by molar-refractivity contribution is -0.142. The first-order chi connectivity index (χ1) is 7.22. The average molecular weight is 273 g/mol. The van der Waals surface area contributed by atoms with Crippen LogP contribution in [0.4, 0.5) is 0 Å². The highest BCUT2D eigenvalue weighted by Gasteiger charge is 2.00. The molecule has 0 aliphatic rings. The molecule has 82 valence electrons. The molecule has 0 radical (unpaired) electrons. The van der Waals surface area contributed by atoms with Gasteiger partial charge in [0.2, 0.25) is 0 Å². The van der Waals surface area contributed by atoms with Crippen LogP contribution in [0.25, 0.3) is 0 Å². The zero-order chi connectivity index (χ0) is 11.1. The first-order valence-corrected chi connectivity index (χ1v) is 5.47. The van der Waals surface area contributed by atoms with Crippen LogP contribution < -0.4 is 5.32 Å². The van der Waals surface area contributed by atoms with Crippen LogP contribution in [0.15, 0.2) is 22.9 Å². The quantitative estimate of drug-likeness (QED) is 0.826. The summed E-state index contributed by atoms with van der Waals surface area (Å²) < 4.78 is 5.71. The van der Waals surface area contributed by atoms with Gasteiger partial charge >= 0.3 is 5.97 Å². The van der Waals surface area contributed by atoms with Gasteiger partial charge in [0.05, 0.1) is 13.2 Å². The molecule has 0 amide bonds. The highest BCUT2D eigenvalue weighted by molar-refractivity contribution is 9.10. The zero-order valence-electron chi connectivity index (χ0n) is 8.50. The molecule has 0 aliphatic heterocycles. The molecular weight excluding hydrogens is 260 g/mol. The smallest absolute Gasteiger partial charge is 0.319 e. The van der Waals surface area contributed by atoms with E-state index in [4.69, 9.17) is 4.74 Å². The molecule has 0 aliphatic carbocycles. The predicted molar refractivity (Wildman–Crippen MR) is 60.3 cm³/mol. The number of hydrogen-bond acceptors (Lipinski definition) is 4. The molecular formula is C10H13BrN2O2. The van der Waals surface area contributed by atoms with Crippen molar-refractivity contribution in [3.63, 3.8) is 0 Å². The van der Waals surface area contributed by atoms with E-state index in [1.165, 1.54) is 0 Å². The van der Waals surface area contributed by atoms with Crippen LogP contribution >= 0.6 is 15.9 Å². The van der Waals surface area contributed by atoms with Crippen molar-refractivity contribution in [2.75, 3.05) is 13.2 Å². The molecule has 4 nitrogen and oxygen atoms in total. The number of hydrogen-bond donors (Lipinski definition) is 1. The highest BCUT2D eigenvalue weighted by atomic mass is 79.9. The van der Waals surface area contributed by atoms with Crippen LogP contribution in [-0.4, -0.2) is 24.1 Å². The van der Waals surface area contributed by atoms with Crippen LogP contribution in [0.1, 0.15) is 12.5 Å². The normalized spacial score (nSPS) is 10.0. The van der Waals surface area contributed by atoms with E-state index >= 15 is 0 Å². The summed E-state index contributed by atoms with van der Waals surface area (Å²) in [5.74, 6) is -0.236. The summed E-state index contributed by atoms with van der Waals surface area (Å²) in [6, 6.07) is 1.95. The third-order valence-corrected chi connectivity index (χ3v) is 2.10. The summed E-state index contributed by atoms with van der Waals surface area (Å²) in [6.07, 6.45) is 3.47. The van der Waals surface area contributed by atoms with Gasteiger partial charge < -0.3 is 10.1 Å². The van der Waals surface area contributed by atoms with Crippen molar-refractivity contribution in [2.45, 2.75) is 13.5 Å². The third-order valence-electron chi connectivity index (χ3n) is 1.67. The molecule has 1 aromatic rings. The first kappa shape index (κ1) is 12.1. The van der Waals surface area contributed by atoms with Crippen molar-refractivity contribution in [1.82, 2.24) is 10.3 Å². The number of esters is 1. The molecule has 1 heterocycles. The topological polar surface area (TPSA) is 51.2 Å². The van der Waals surface area contributed by atoms with Gasteiger partial charge in [-0.15, -0.1) is 0 Å². The van der Waals surface area contributed by atoms with Gasteiger partial charge in [0.15, 0.2) is 0 Å². The molecule has 5 heteroatoms. The second-order valence-corrected chi connectivity index (χ2v) is 3.84. The number of nitrogens with one attached hydrogen (secondary N) is 1. The van der Waals surface area contributed by atoms with Crippen molar-refractivity contribution < 1.29 is 9.53 Å². The second-order valence-electron chi connectivity index (χ2n) is 2.92. The molecule has 0 saturated heterocycles. The Labute approximate surface area is 97.2 Å². The number of aromatic nitrogens is 1. The molecule has 0 aromatic carbocycles. The van der Waals surface area contributed by atoms with Crippen molar-refractivity contribution in [2.24, 2.45) is 0 Å². The van der Waals surface area contributed by atoms with E-state index < -0.39 is 0 Å². The van der Waals surface area contributed by atoms with Gasteiger partial charge in [-0.25, -0.2) is 0 Å². The maximum Gasteiger partial charge on any atom is 0.319 e. The lowest BCUT2D eigenvalue weighted by Crippen LogP contribution is -2.24. The molecule has 0 fully saturated rings. The average Bonchev–Trinajstić information content (AvgIpc) is 2.18. The van der Waals surface area contributed by atoms with Crippen molar-refractivity contribution >= 4 is 21.9 Å². The van der Waals surface area contributed by atoms with Crippen LogP contribution in [0.5, 0.6) is 0 Å². The number of ether oxygens (including phenoxy) is 1. The first-order valence-electron chi connectivity index (χ1n) is 4.68. The summed E-state index contributed by atoms with van der Waals surface area (Å²) in [4.78, 5) is 15.0. The summed E-state index contributed by atoms with van der Waals surface area (Å²) in [5, 5.41) is 2.98. The van der Waals surface area contributed by atoms with E-state index in [0.717, 1.165) is 10.0 Å². The Balaban J connectivity index is 2.28. The van der Waals surface area contributed by atoms with Gasteiger partial charge in [-0.3, -0.25) is 9.78 Å². The van der Waals surface area contributed by atoms with Gasteiger partial charge in [-0.05, 0) is 34.5 Å². The minimum atomic E-state index is -0.236. The van der Waals surface area contributed by atoms with Crippen LogP contribution in [-0.2, 0) is 16.1 Å². The van der Waals surface area contributed by atoms with E-state index in [-0.39, 0.29) is 12.5 Å². The summed E-state index contributed by atoms with van der Waals surface area (Å²) in [6.45, 7) is 3.03. The number of carbonyl (C=O) groups is 1. The van der Waals surface area contributed by atoms with Crippen molar-refractivity contribution in [3.05, 3.63) is 28.5 Å². The van der Waals surface area contributed by atoms with E-state index in [1.54, 1.807) is 19.3 Å². The van der Waals surface area contributed by atoms with E-state index in [1.807, 2.05) is 6.07 Å². The fourth-order valence-corrected chi connectivity index (χ4v) is 1.49. The number of pyridine rings is 1. The summed E-state index contributed by atoms with van der Waals surface area (Å²) in [5.41, 5.74) is 1.02. The van der Waals surface area contributed by atoms with E-state index in [0.29, 0.717) is 13.2 Å². The Morgan fingerprint density at radius 1 is 1.60 bits per heavy atom. The van der Waals surface area contributed by atoms with Crippen LogP contribution in [0, 0.1) is 0 Å². The van der Waals surface area contributed by atoms with Crippen molar-refractivity contribution in [1.29, 1.82) is 0 Å². The Hall–Kier alpha value is -0.940. The van der Waals surface area contributed by atoms with Gasteiger partial charge in [0.1, 0.15) is 0 Å². The fraction of sp³-hybridized carbons (Fsp3) is 0.400. The van der Waals surface area contributed by atoms with E-state index in [2.05, 4.69) is 26.2 Å². The molecule has 1 N–H and O–H groups in total. The highest BCUT2D eigenvalue weighted by Crippen LogP contribution is 2.08. The molecule has 0 atom stereocenters. The van der Waals surface area contributed by atoms with Gasteiger partial charge in [-0.2, -0.15) is 0 Å². The van der Waals surface area contributed by atoms with Crippen molar-refractivity contribution in [3.8, 4) is 0 Å². The van der Waals surface area contributed by atoms with Crippen LogP contribution in [0.3, 0.4) is 0 Å². The molecule has 15 heavy (non-hydrogen) atoms. The molecule has 0 spiro atoms. The number of carbonyl (C=O) groups excluding carboxylic acids is 1. The lowest BCUT2D eigenvalue weighted by Gasteiger charge is -2.04. The Morgan fingerprint density at radius 2 is 2.40 bits per heavy atom. The lowest BCUT2D eigenvalue weighted by atomic mass is 10.3. The number of rotatable bonds is 5. The fourth-order valence-electron chi connectivity index (χ4n) is 1.07. The molecule has 1 rings (SSSR count). The second kappa shape index (κ2) is 6.53. The minimum Gasteiger partial charge on any atom is -0.465 e. The number of halogens is 1. The van der Waals surface area contributed by atoms with Crippen LogP contribution in [0.2, 0.25) is 0 Å². The SMILES string of the molecule is CCOC(=O)CNCc1cncc(Br)c1. The van der Waals surface area contributed by atoms with Gasteiger partial charge in [0.25, 0.3) is 0 Å². The largest absolute Gasteiger partial charge is 0.465 e. The zero-order valence-corrected chi connectivity index (χ0v) is 10.1. The Kier molecular flexibility index (Phi) is 5.28. The molecule has 1 aromatic heterocycles. The maximum atomic E-state index is 11.0. The molecule has 0 bridgehead atoms. The predicted octanol–water partition coefficient (Wildman–Crippen LogP) is 1.50. The monoisotopic (exact) mass is 272 g/mol. The number of nitrogens with zero attached hydrogens (tertiary/aromatic N) is 1. The molecule has 0 unspecified atom stereocenters. The molecule has 0 saturated carbocycles. The Morgan fingerprint density at radius 3 is 3.07 bits per heavy atom. The summed E-state index contributed by atoms with van der Waals surface area (Å²) >= 11 is 3.33.